The minimum absolute atomic E-state index is 0.0150. The van der Waals surface area contributed by atoms with Gasteiger partial charge in [-0.3, -0.25) is 18.7 Å². The first-order chi connectivity index (χ1) is 15.0. The molecule has 32 heavy (non-hydrogen) atoms. The Kier molecular flexibility index (Phi) is 9.83. The maximum absolute atomic E-state index is 12.7. The molecule has 0 aliphatic carbocycles. The highest BCUT2D eigenvalue weighted by Gasteiger charge is 2.24. The molecule has 0 bridgehead atoms. The molecule has 1 fully saturated rings. The number of nitrogens with one attached hydrogen (secondary N) is 2. The number of para-hydroxylation sites is 1. The number of piperidine rings is 1. The summed E-state index contributed by atoms with van der Waals surface area (Å²) in [7, 11) is -4.67. The molecule has 2 aliphatic heterocycles. The smallest absolute Gasteiger partial charge is 0.349 e. The molecule has 10 heteroatoms. The van der Waals surface area contributed by atoms with Gasteiger partial charge in [0.1, 0.15) is 0 Å². The van der Waals surface area contributed by atoms with E-state index in [1.807, 2.05) is 29.2 Å². The number of hydrogen-bond donors (Lipinski definition) is 4. The van der Waals surface area contributed by atoms with Crippen LogP contribution in [0.3, 0.4) is 0 Å². The lowest BCUT2D eigenvalue weighted by Crippen LogP contribution is -2.49. The summed E-state index contributed by atoms with van der Waals surface area (Å²) in [5.74, 6) is 0.463. The zero-order chi connectivity index (χ0) is 23.7. The fourth-order valence-corrected chi connectivity index (χ4v) is 3.91. The molecule has 2 heterocycles. The lowest BCUT2D eigenvalue weighted by atomic mass is 10.0. The van der Waals surface area contributed by atoms with E-state index in [0.717, 1.165) is 50.9 Å². The normalized spacial score (nSPS) is 19.3. The highest BCUT2D eigenvalue weighted by atomic mass is 32.3. The number of rotatable bonds is 6. The summed E-state index contributed by atoms with van der Waals surface area (Å²) in [6.45, 7) is 5.88. The number of anilines is 1. The molecule has 178 valence electrons. The van der Waals surface area contributed by atoms with Crippen LogP contribution in [0.2, 0.25) is 0 Å². The Labute approximate surface area is 189 Å². The van der Waals surface area contributed by atoms with Gasteiger partial charge < -0.3 is 15.5 Å². The largest absolute Gasteiger partial charge is 0.394 e. The lowest BCUT2D eigenvalue weighted by molar-refractivity contribution is -0.124. The molecule has 0 aromatic heterocycles. The summed E-state index contributed by atoms with van der Waals surface area (Å²) in [4.78, 5) is 27.1. The van der Waals surface area contributed by atoms with Crippen LogP contribution in [0, 0.1) is 5.92 Å². The summed E-state index contributed by atoms with van der Waals surface area (Å²) in [5.41, 5.74) is 2.22. The second kappa shape index (κ2) is 12.1. The highest BCUT2D eigenvalue weighted by molar-refractivity contribution is 7.79. The Hall–Kier alpha value is -2.27. The van der Waals surface area contributed by atoms with Gasteiger partial charge in [0, 0.05) is 24.4 Å². The fraction of sp³-hybridized carbons (Fsp3) is 0.545. The van der Waals surface area contributed by atoms with E-state index in [1.165, 1.54) is 5.56 Å². The second-order valence-corrected chi connectivity index (χ2v) is 9.32. The summed E-state index contributed by atoms with van der Waals surface area (Å²) in [6, 6.07) is 7.82. The van der Waals surface area contributed by atoms with Gasteiger partial charge in [-0.05, 0) is 49.8 Å². The minimum Gasteiger partial charge on any atom is -0.349 e. The number of amides is 2. The van der Waals surface area contributed by atoms with Gasteiger partial charge in [0.25, 0.3) is 5.91 Å². The molecule has 1 aromatic rings. The van der Waals surface area contributed by atoms with Gasteiger partial charge in [-0.2, -0.15) is 8.42 Å². The third kappa shape index (κ3) is 9.07. The molecule has 2 amide bonds. The van der Waals surface area contributed by atoms with Crippen molar-refractivity contribution in [2.24, 2.45) is 5.92 Å². The SMILES string of the molecule is CC(C)C[C@@H](/C=C/C(=O)N1CCc2ccccc21)NC(=O)[C@@H]1CCCCN1.O=S(=O)(O)O. The quantitative estimate of drug-likeness (QED) is 0.372. The highest BCUT2D eigenvalue weighted by Crippen LogP contribution is 2.27. The van der Waals surface area contributed by atoms with E-state index < -0.39 is 10.4 Å². The van der Waals surface area contributed by atoms with Crippen LogP contribution in [0.25, 0.3) is 0 Å². The van der Waals surface area contributed by atoms with Gasteiger partial charge in [-0.15, -0.1) is 0 Å². The molecule has 0 unspecified atom stereocenters. The Bertz CT molecular complexity index is 902. The predicted molar refractivity (Wildman–Crippen MR) is 123 cm³/mol. The number of benzene rings is 1. The van der Waals surface area contributed by atoms with Crippen LogP contribution in [0.1, 0.15) is 45.1 Å². The lowest BCUT2D eigenvalue weighted by Gasteiger charge is -2.25. The van der Waals surface area contributed by atoms with Crippen molar-refractivity contribution in [2.45, 2.75) is 58.0 Å². The van der Waals surface area contributed by atoms with E-state index in [1.54, 1.807) is 6.08 Å². The van der Waals surface area contributed by atoms with Crippen molar-refractivity contribution in [3.8, 4) is 0 Å². The van der Waals surface area contributed by atoms with Crippen molar-refractivity contribution in [3.05, 3.63) is 42.0 Å². The zero-order valence-electron chi connectivity index (χ0n) is 18.5. The first-order valence-corrected chi connectivity index (χ1v) is 12.3. The summed E-state index contributed by atoms with van der Waals surface area (Å²) < 4.78 is 31.6. The molecule has 9 nitrogen and oxygen atoms in total. The number of nitrogens with zero attached hydrogens (tertiary/aromatic N) is 1. The van der Waals surface area contributed by atoms with Gasteiger partial charge in [0.15, 0.2) is 0 Å². The number of hydrogen-bond acceptors (Lipinski definition) is 5. The standard InChI is InChI=1S/C22H31N3O2.H2O4S/c1-16(2)15-18(24-22(27)19-8-5-6-13-23-19)10-11-21(26)25-14-12-17-7-3-4-9-20(17)25;1-5(2,3)4/h3-4,7,9-11,16,18-19,23H,5-6,8,12-15H2,1-2H3,(H,24,27);(H2,1,2,3,4)/b11-10+;/t18-,19+;/m1./s1. The first-order valence-electron chi connectivity index (χ1n) is 10.9. The van der Waals surface area contributed by atoms with E-state index in [-0.39, 0.29) is 23.9 Å². The third-order valence-corrected chi connectivity index (χ3v) is 5.30. The van der Waals surface area contributed by atoms with Crippen LogP contribution in [-0.4, -0.2) is 54.5 Å². The van der Waals surface area contributed by atoms with E-state index in [2.05, 4.69) is 30.5 Å². The molecule has 0 radical (unpaired) electrons. The average molecular weight is 468 g/mol. The van der Waals surface area contributed by atoms with Gasteiger partial charge in [-0.1, -0.05) is 44.5 Å². The molecule has 4 N–H and O–H groups in total. The monoisotopic (exact) mass is 467 g/mol. The summed E-state index contributed by atoms with van der Waals surface area (Å²) in [6.07, 6.45) is 8.31. The van der Waals surface area contributed by atoms with Crippen LogP contribution in [-0.2, 0) is 26.4 Å². The van der Waals surface area contributed by atoms with Gasteiger partial charge >= 0.3 is 10.4 Å². The third-order valence-electron chi connectivity index (χ3n) is 5.30. The van der Waals surface area contributed by atoms with Crippen molar-refractivity contribution < 1.29 is 27.1 Å². The molecule has 1 aromatic carbocycles. The van der Waals surface area contributed by atoms with Crippen LogP contribution < -0.4 is 15.5 Å². The Morgan fingerprint density at radius 2 is 1.94 bits per heavy atom. The summed E-state index contributed by atoms with van der Waals surface area (Å²) in [5, 5.41) is 6.41. The molecule has 0 spiro atoms. The molecule has 0 saturated carbocycles. The molecule has 2 aliphatic rings. The van der Waals surface area contributed by atoms with Gasteiger partial charge in [-0.25, -0.2) is 0 Å². The Balaban J connectivity index is 0.000000654. The maximum Gasteiger partial charge on any atom is 0.394 e. The number of fused-ring (bicyclic) bond motifs is 1. The fourth-order valence-electron chi connectivity index (χ4n) is 3.91. The van der Waals surface area contributed by atoms with Crippen molar-refractivity contribution in [1.29, 1.82) is 0 Å². The van der Waals surface area contributed by atoms with Crippen molar-refractivity contribution in [2.75, 3.05) is 18.0 Å². The zero-order valence-corrected chi connectivity index (χ0v) is 19.3. The van der Waals surface area contributed by atoms with E-state index in [9.17, 15) is 9.59 Å². The van der Waals surface area contributed by atoms with Crippen molar-refractivity contribution in [1.82, 2.24) is 10.6 Å². The van der Waals surface area contributed by atoms with E-state index in [4.69, 9.17) is 17.5 Å². The summed E-state index contributed by atoms with van der Waals surface area (Å²) >= 11 is 0. The van der Waals surface area contributed by atoms with Crippen molar-refractivity contribution >= 4 is 27.9 Å². The van der Waals surface area contributed by atoms with Crippen LogP contribution in [0.5, 0.6) is 0 Å². The van der Waals surface area contributed by atoms with E-state index >= 15 is 0 Å². The molecular weight excluding hydrogens is 434 g/mol. The number of carbonyl (C=O) groups is 2. The predicted octanol–water partition coefficient (Wildman–Crippen LogP) is 2.15. The van der Waals surface area contributed by atoms with Crippen LogP contribution in [0.15, 0.2) is 36.4 Å². The minimum atomic E-state index is -4.67. The molecule has 3 rings (SSSR count). The Morgan fingerprint density at radius 1 is 1.25 bits per heavy atom. The first kappa shape index (κ1) is 26.0. The van der Waals surface area contributed by atoms with Gasteiger partial charge in [0.2, 0.25) is 5.91 Å². The van der Waals surface area contributed by atoms with Crippen LogP contribution >= 0.6 is 0 Å². The van der Waals surface area contributed by atoms with Crippen LogP contribution in [0.4, 0.5) is 5.69 Å². The maximum atomic E-state index is 12.7. The number of carbonyl (C=O) groups excluding carboxylic acids is 2. The van der Waals surface area contributed by atoms with Crippen molar-refractivity contribution in [3.63, 3.8) is 0 Å². The van der Waals surface area contributed by atoms with E-state index in [0.29, 0.717) is 5.92 Å². The molecular formula is C22H33N3O6S. The average Bonchev–Trinajstić information content (AvgIpc) is 3.15. The topological polar surface area (TPSA) is 136 Å². The van der Waals surface area contributed by atoms with Gasteiger partial charge in [0.05, 0.1) is 6.04 Å². The molecule has 2 atom stereocenters. The molecule has 1 saturated heterocycles. The second-order valence-electron chi connectivity index (χ2n) is 8.42. The Morgan fingerprint density at radius 3 is 2.56 bits per heavy atom.